The molecule has 7 nitrogen and oxygen atoms in total. The first-order chi connectivity index (χ1) is 14.3. The summed E-state index contributed by atoms with van der Waals surface area (Å²) in [7, 11) is -4.21. The summed E-state index contributed by atoms with van der Waals surface area (Å²) in [5.74, 6) is -0.753. The minimum absolute atomic E-state index is 0.0762. The molecular formula is C22H25N3O4S. The van der Waals surface area contributed by atoms with E-state index in [2.05, 4.69) is 14.7 Å². The largest absolute Gasteiger partial charge is 0.507 e. The van der Waals surface area contributed by atoms with Gasteiger partial charge >= 0.3 is 0 Å². The summed E-state index contributed by atoms with van der Waals surface area (Å²) >= 11 is 0. The zero-order valence-electron chi connectivity index (χ0n) is 17.0. The molecule has 0 aliphatic carbocycles. The number of nitrogens with zero attached hydrogens (tertiary/aromatic N) is 2. The van der Waals surface area contributed by atoms with E-state index in [1.807, 2.05) is 19.9 Å². The van der Waals surface area contributed by atoms with Gasteiger partial charge in [-0.1, -0.05) is 49.6 Å². The van der Waals surface area contributed by atoms with E-state index in [1.54, 1.807) is 24.3 Å². The number of phenolic OH excluding ortho intramolecular Hbond substituents is 2. The van der Waals surface area contributed by atoms with E-state index in [0.717, 1.165) is 24.8 Å². The standard InChI is InChI=1S/C22H25N3O4S/c1-3-4-5-9-17-14-18(26)19(16-10-6-8-15(2)13-16)20(27)21(17)30(28,29)25-22-23-11-7-12-24-22/h6-8,10-14,26-27H,3-5,9H2,1-2H3,(H,23,24,25). The van der Waals surface area contributed by atoms with E-state index in [-0.39, 0.29) is 22.2 Å². The lowest BCUT2D eigenvalue weighted by Crippen LogP contribution is -2.17. The Morgan fingerprint density at radius 3 is 2.43 bits per heavy atom. The Balaban J connectivity index is 2.17. The van der Waals surface area contributed by atoms with Gasteiger partial charge in [-0.3, -0.25) is 0 Å². The number of anilines is 1. The van der Waals surface area contributed by atoms with E-state index in [0.29, 0.717) is 17.5 Å². The Morgan fingerprint density at radius 1 is 1.03 bits per heavy atom. The molecule has 0 amide bonds. The van der Waals surface area contributed by atoms with Crippen molar-refractivity contribution in [3.8, 4) is 22.6 Å². The molecule has 0 fully saturated rings. The lowest BCUT2D eigenvalue weighted by Gasteiger charge is -2.18. The van der Waals surface area contributed by atoms with Crippen molar-refractivity contribution in [3.05, 3.63) is 59.9 Å². The molecule has 0 aliphatic rings. The Bertz CT molecular complexity index is 1130. The summed E-state index contributed by atoms with van der Waals surface area (Å²) in [5.41, 5.74) is 1.86. The molecule has 3 rings (SSSR count). The molecular weight excluding hydrogens is 402 g/mol. The number of aromatic nitrogens is 2. The zero-order chi connectivity index (χ0) is 21.7. The number of nitrogens with one attached hydrogen (secondary N) is 1. The number of hydrogen-bond acceptors (Lipinski definition) is 6. The first kappa shape index (κ1) is 21.6. The maximum absolute atomic E-state index is 13.2. The van der Waals surface area contributed by atoms with Crippen molar-refractivity contribution >= 4 is 16.0 Å². The molecule has 1 aromatic heterocycles. The molecule has 0 saturated carbocycles. The molecule has 158 valence electrons. The van der Waals surface area contributed by atoms with Crippen LogP contribution >= 0.6 is 0 Å². The minimum atomic E-state index is -4.21. The smallest absolute Gasteiger partial charge is 0.268 e. The highest BCUT2D eigenvalue weighted by Crippen LogP contribution is 2.44. The molecule has 1 heterocycles. The van der Waals surface area contributed by atoms with E-state index in [9.17, 15) is 18.6 Å². The highest BCUT2D eigenvalue weighted by molar-refractivity contribution is 7.92. The van der Waals surface area contributed by atoms with Crippen LogP contribution in [0.15, 0.2) is 53.7 Å². The third-order valence-corrected chi connectivity index (χ3v) is 6.17. The molecule has 3 N–H and O–H groups in total. The number of unbranched alkanes of at least 4 members (excludes halogenated alkanes) is 2. The zero-order valence-corrected chi connectivity index (χ0v) is 17.8. The fourth-order valence-corrected chi connectivity index (χ4v) is 4.66. The summed E-state index contributed by atoms with van der Waals surface area (Å²) in [5, 5.41) is 21.7. The number of aryl methyl sites for hydroxylation is 2. The topological polar surface area (TPSA) is 112 Å². The summed E-state index contributed by atoms with van der Waals surface area (Å²) in [6.07, 6.45) is 5.82. The Kier molecular flexibility index (Phi) is 6.56. The van der Waals surface area contributed by atoms with Crippen LogP contribution < -0.4 is 4.72 Å². The maximum atomic E-state index is 13.2. The maximum Gasteiger partial charge on any atom is 0.268 e. The average molecular weight is 428 g/mol. The monoisotopic (exact) mass is 427 g/mol. The second kappa shape index (κ2) is 9.13. The molecule has 0 spiro atoms. The van der Waals surface area contributed by atoms with Gasteiger partial charge in [0.25, 0.3) is 10.0 Å². The number of rotatable bonds is 8. The molecule has 3 aromatic rings. The van der Waals surface area contributed by atoms with Crippen molar-refractivity contribution in [1.82, 2.24) is 9.97 Å². The van der Waals surface area contributed by atoms with E-state index in [1.165, 1.54) is 18.5 Å². The van der Waals surface area contributed by atoms with Crippen molar-refractivity contribution in [2.45, 2.75) is 44.4 Å². The van der Waals surface area contributed by atoms with Crippen LogP contribution in [0.25, 0.3) is 11.1 Å². The van der Waals surface area contributed by atoms with Crippen molar-refractivity contribution in [2.24, 2.45) is 0 Å². The van der Waals surface area contributed by atoms with Crippen molar-refractivity contribution in [3.63, 3.8) is 0 Å². The number of sulfonamides is 1. The molecule has 8 heteroatoms. The molecule has 0 unspecified atom stereocenters. The summed E-state index contributed by atoms with van der Waals surface area (Å²) in [6.45, 7) is 3.92. The molecule has 0 bridgehead atoms. The van der Waals surface area contributed by atoms with Crippen LogP contribution in [0.4, 0.5) is 5.95 Å². The SMILES string of the molecule is CCCCCc1cc(O)c(-c2cccc(C)c2)c(O)c1S(=O)(=O)Nc1ncccn1. The van der Waals surface area contributed by atoms with Gasteiger partial charge in [0.1, 0.15) is 16.4 Å². The first-order valence-electron chi connectivity index (χ1n) is 9.78. The lowest BCUT2D eigenvalue weighted by molar-refractivity contribution is 0.440. The van der Waals surface area contributed by atoms with Gasteiger partial charge < -0.3 is 10.2 Å². The number of aromatic hydroxyl groups is 2. The van der Waals surface area contributed by atoms with Gasteiger partial charge in [-0.05, 0) is 43.0 Å². The van der Waals surface area contributed by atoms with Crippen molar-refractivity contribution in [1.29, 1.82) is 0 Å². The van der Waals surface area contributed by atoms with Gasteiger partial charge in [-0.25, -0.2) is 23.1 Å². The van der Waals surface area contributed by atoms with Crippen molar-refractivity contribution in [2.75, 3.05) is 4.72 Å². The number of benzene rings is 2. The number of phenols is 2. The first-order valence-corrected chi connectivity index (χ1v) is 11.3. The normalized spacial score (nSPS) is 11.4. The van der Waals surface area contributed by atoms with Gasteiger partial charge in [0, 0.05) is 12.4 Å². The predicted octanol–water partition coefficient (Wildman–Crippen LogP) is 4.40. The summed E-state index contributed by atoms with van der Waals surface area (Å²) in [4.78, 5) is 7.54. The fourth-order valence-electron chi connectivity index (χ4n) is 3.35. The Hall–Kier alpha value is -3.13. The summed E-state index contributed by atoms with van der Waals surface area (Å²) < 4.78 is 28.7. The highest BCUT2D eigenvalue weighted by Gasteiger charge is 2.28. The van der Waals surface area contributed by atoms with Crippen LogP contribution in [-0.4, -0.2) is 28.6 Å². The molecule has 0 aliphatic heterocycles. The molecule has 0 atom stereocenters. The Morgan fingerprint density at radius 2 is 1.77 bits per heavy atom. The predicted molar refractivity (Wildman–Crippen MR) is 116 cm³/mol. The minimum Gasteiger partial charge on any atom is -0.507 e. The fraction of sp³-hybridized carbons (Fsp3) is 0.273. The van der Waals surface area contributed by atoms with Gasteiger partial charge in [-0.15, -0.1) is 0 Å². The van der Waals surface area contributed by atoms with Gasteiger partial charge in [0.05, 0.1) is 5.56 Å². The summed E-state index contributed by atoms with van der Waals surface area (Å²) in [6, 6.07) is 10.1. The molecule has 30 heavy (non-hydrogen) atoms. The van der Waals surface area contributed by atoms with Crippen LogP contribution in [0, 0.1) is 6.92 Å². The number of hydrogen-bond donors (Lipinski definition) is 3. The molecule has 0 radical (unpaired) electrons. The van der Waals surface area contributed by atoms with Gasteiger partial charge in [-0.2, -0.15) is 0 Å². The second-order valence-corrected chi connectivity index (χ2v) is 8.73. The van der Waals surface area contributed by atoms with E-state index in [4.69, 9.17) is 0 Å². The lowest BCUT2D eigenvalue weighted by atomic mass is 9.97. The molecule has 2 aromatic carbocycles. The van der Waals surface area contributed by atoms with Crippen LogP contribution in [0.5, 0.6) is 11.5 Å². The third kappa shape index (κ3) is 4.71. The van der Waals surface area contributed by atoms with E-state index >= 15 is 0 Å². The molecule has 0 saturated heterocycles. The van der Waals surface area contributed by atoms with Gasteiger partial charge in [0.15, 0.2) is 0 Å². The van der Waals surface area contributed by atoms with Crippen LogP contribution in [0.3, 0.4) is 0 Å². The second-order valence-electron chi connectivity index (χ2n) is 7.11. The van der Waals surface area contributed by atoms with Crippen LogP contribution in [-0.2, 0) is 16.4 Å². The van der Waals surface area contributed by atoms with Crippen LogP contribution in [0.2, 0.25) is 0 Å². The van der Waals surface area contributed by atoms with Crippen LogP contribution in [0.1, 0.15) is 37.3 Å². The quantitative estimate of drug-likeness (QED) is 0.460. The highest BCUT2D eigenvalue weighted by atomic mass is 32.2. The van der Waals surface area contributed by atoms with E-state index < -0.39 is 15.8 Å². The van der Waals surface area contributed by atoms with Crippen molar-refractivity contribution < 1.29 is 18.6 Å². The average Bonchev–Trinajstić information content (AvgIpc) is 2.68. The third-order valence-electron chi connectivity index (χ3n) is 4.73. The van der Waals surface area contributed by atoms with Gasteiger partial charge in [0.2, 0.25) is 5.95 Å². The Labute approximate surface area is 176 Å².